The second-order valence-electron chi connectivity index (χ2n) is 8.97. The maximum atomic E-state index is 12.3. The molecule has 1 fully saturated rings. The fourth-order valence-corrected chi connectivity index (χ4v) is 4.60. The van der Waals surface area contributed by atoms with E-state index in [1.54, 1.807) is 4.57 Å². The van der Waals surface area contributed by atoms with E-state index in [0.29, 0.717) is 34.3 Å². The normalized spacial score (nSPS) is 18.2. The smallest absolute Gasteiger partial charge is 0.258 e. The van der Waals surface area contributed by atoms with Crippen LogP contribution in [0.2, 0.25) is 0 Å². The highest BCUT2D eigenvalue weighted by molar-refractivity contribution is 7.99. The van der Waals surface area contributed by atoms with Crippen LogP contribution in [0.4, 0.5) is 0 Å². The number of ether oxygens (including phenoxy) is 1. The Labute approximate surface area is 200 Å². The summed E-state index contributed by atoms with van der Waals surface area (Å²) in [6.07, 6.45) is 4.65. The van der Waals surface area contributed by atoms with E-state index in [0.717, 1.165) is 6.42 Å². The standard InChI is InChI=1S/C24H35N5O3S/c1-16(2)18-9-11-19(12-10-18)32-14-22(30)25-13-21-27-28-24(29(21)4)33-15-23(31)26-20-8-6-5-7-17(20)3/h9-12,16-17,20H,5-8,13-15H2,1-4H3,(H,25,30)(H,26,31)/t17-,20-/m1/s1. The van der Waals surface area contributed by atoms with E-state index in [1.165, 1.54) is 36.6 Å². The van der Waals surface area contributed by atoms with Crippen LogP contribution < -0.4 is 15.4 Å². The third kappa shape index (κ3) is 7.48. The van der Waals surface area contributed by atoms with Gasteiger partial charge in [0.1, 0.15) is 5.75 Å². The van der Waals surface area contributed by atoms with Crippen molar-refractivity contribution in [1.29, 1.82) is 0 Å². The van der Waals surface area contributed by atoms with Gasteiger partial charge in [-0.3, -0.25) is 9.59 Å². The number of rotatable bonds is 10. The van der Waals surface area contributed by atoms with E-state index in [1.807, 2.05) is 31.3 Å². The molecule has 1 aromatic heterocycles. The zero-order valence-electron chi connectivity index (χ0n) is 20.0. The highest BCUT2D eigenvalue weighted by Gasteiger charge is 2.23. The van der Waals surface area contributed by atoms with Gasteiger partial charge in [-0.1, -0.05) is 57.5 Å². The van der Waals surface area contributed by atoms with E-state index in [2.05, 4.69) is 41.6 Å². The Morgan fingerprint density at radius 3 is 2.58 bits per heavy atom. The summed E-state index contributed by atoms with van der Waals surface area (Å²) in [5.41, 5.74) is 1.23. The zero-order chi connectivity index (χ0) is 23.8. The molecule has 0 spiro atoms. The minimum Gasteiger partial charge on any atom is -0.484 e. The first-order chi connectivity index (χ1) is 15.8. The van der Waals surface area contributed by atoms with Crippen LogP contribution in [0.3, 0.4) is 0 Å². The van der Waals surface area contributed by atoms with Crippen molar-refractivity contribution >= 4 is 23.6 Å². The first-order valence-electron chi connectivity index (χ1n) is 11.6. The van der Waals surface area contributed by atoms with Crippen LogP contribution in [-0.4, -0.2) is 45.0 Å². The van der Waals surface area contributed by atoms with Gasteiger partial charge in [-0.15, -0.1) is 10.2 Å². The molecule has 1 aliphatic carbocycles. The Morgan fingerprint density at radius 1 is 1.15 bits per heavy atom. The molecule has 1 saturated carbocycles. The van der Waals surface area contributed by atoms with Gasteiger partial charge in [0.25, 0.3) is 5.91 Å². The molecule has 8 nitrogen and oxygen atoms in total. The van der Waals surface area contributed by atoms with Crippen LogP contribution in [0.25, 0.3) is 0 Å². The molecule has 1 aliphatic rings. The second-order valence-corrected chi connectivity index (χ2v) is 9.91. The SMILES string of the molecule is CC(C)c1ccc(OCC(=O)NCc2nnc(SCC(=O)N[C@@H]3CCCC[C@H]3C)n2C)cc1. The molecule has 1 aromatic carbocycles. The van der Waals surface area contributed by atoms with Crippen molar-refractivity contribution < 1.29 is 14.3 Å². The Hall–Kier alpha value is -2.55. The third-order valence-electron chi connectivity index (χ3n) is 6.08. The van der Waals surface area contributed by atoms with Crippen LogP contribution >= 0.6 is 11.8 Å². The number of benzene rings is 1. The number of amides is 2. The summed E-state index contributed by atoms with van der Waals surface area (Å²) in [4.78, 5) is 24.5. The highest BCUT2D eigenvalue weighted by atomic mass is 32.2. The van der Waals surface area contributed by atoms with Gasteiger partial charge in [0, 0.05) is 13.1 Å². The predicted octanol–water partition coefficient (Wildman–Crippen LogP) is 3.42. The van der Waals surface area contributed by atoms with E-state index in [4.69, 9.17) is 4.74 Å². The minimum atomic E-state index is -0.235. The maximum absolute atomic E-state index is 12.3. The fourth-order valence-electron chi connectivity index (χ4n) is 3.86. The molecule has 0 bridgehead atoms. The van der Waals surface area contributed by atoms with Gasteiger partial charge in [0.15, 0.2) is 17.6 Å². The summed E-state index contributed by atoms with van der Waals surface area (Å²) < 4.78 is 7.36. The lowest BCUT2D eigenvalue weighted by atomic mass is 9.86. The zero-order valence-corrected chi connectivity index (χ0v) is 20.8. The molecule has 0 unspecified atom stereocenters. The molecule has 9 heteroatoms. The number of carbonyl (C=O) groups is 2. The van der Waals surface area contributed by atoms with E-state index in [-0.39, 0.29) is 31.0 Å². The van der Waals surface area contributed by atoms with Gasteiger partial charge < -0.3 is 19.9 Å². The molecule has 33 heavy (non-hydrogen) atoms. The Kier molecular flexibility index (Phi) is 9.17. The first-order valence-corrected chi connectivity index (χ1v) is 12.6. The van der Waals surface area contributed by atoms with Gasteiger partial charge >= 0.3 is 0 Å². The average Bonchev–Trinajstić information content (AvgIpc) is 3.16. The molecule has 0 aliphatic heterocycles. The number of carbonyl (C=O) groups excluding carboxylic acids is 2. The van der Waals surface area contributed by atoms with Crippen molar-refractivity contribution in [3.05, 3.63) is 35.7 Å². The molecule has 2 aromatic rings. The lowest BCUT2D eigenvalue weighted by molar-refractivity contribution is -0.123. The molecule has 1 heterocycles. The highest BCUT2D eigenvalue weighted by Crippen LogP contribution is 2.24. The topological polar surface area (TPSA) is 98.1 Å². The molecule has 0 saturated heterocycles. The minimum absolute atomic E-state index is 0.0233. The van der Waals surface area contributed by atoms with E-state index >= 15 is 0 Å². The van der Waals surface area contributed by atoms with Crippen molar-refractivity contribution in [3.8, 4) is 5.75 Å². The number of hydrogen-bond donors (Lipinski definition) is 2. The molecular formula is C24H35N5O3S. The van der Waals surface area contributed by atoms with Gasteiger partial charge in [-0.2, -0.15) is 0 Å². The van der Waals surface area contributed by atoms with Gasteiger partial charge in [0.2, 0.25) is 5.91 Å². The van der Waals surface area contributed by atoms with Crippen LogP contribution in [0.5, 0.6) is 5.75 Å². The largest absolute Gasteiger partial charge is 0.484 e. The lowest BCUT2D eigenvalue weighted by Gasteiger charge is -2.29. The monoisotopic (exact) mass is 473 g/mol. The molecular weight excluding hydrogens is 438 g/mol. The van der Waals surface area contributed by atoms with Crippen LogP contribution in [0.1, 0.15) is 63.8 Å². The van der Waals surface area contributed by atoms with Gasteiger partial charge in [-0.05, 0) is 42.4 Å². The predicted molar refractivity (Wildman–Crippen MR) is 129 cm³/mol. The summed E-state index contributed by atoms with van der Waals surface area (Å²) in [6.45, 7) is 6.64. The van der Waals surface area contributed by atoms with Crippen LogP contribution in [0.15, 0.2) is 29.4 Å². The van der Waals surface area contributed by atoms with Crippen molar-refractivity contribution in [1.82, 2.24) is 25.4 Å². The molecule has 3 rings (SSSR count). The first kappa shape index (κ1) is 25.1. The molecule has 2 N–H and O–H groups in total. The Bertz CT molecular complexity index is 929. The van der Waals surface area contributed by atoms with E-state index in [9.17, 15) is 9.59 Å². The number of aromatic nitrogens is 3. The van der Waals surface area contributed by atoms with E-state index < -0.39 is 0 Å². The van der Waals surface area contributed by atoms with Gasteiger partial charge in [-0.25, -0.2) is 0 Å². The summed E-state index contributed by atoms with van der Waals surface area (Å²) in [6, 6.07) is 8.03. The van der Waals surface area contributed by atoms with Crippen molar-refractivity contribution in [2.24, 2.45) is 13.0 Å². The fraction of sp³-hybridized carbons (Fsp3) is 0.583. The maximum Gasteiger partial charge on any atom is 0.258 e. The van der Waals surface area contributed by atoms with Crippen molar-refractivity contribution in [3.63, 3.8) is 0 Å². The number of nitrogens with one attached hydrogen (secondary N) is 2. The summed E-state index contributed by atoms with van der Waals surface area (Å²) in [5, 5.41) is 14.9. The van der Waals surface area contributed by atoms with Crippen LogP contribution in [0, 0.1) is 5.92 Å². The molecule has 0 radical (unpaired) electrons. The molecule has 2 atom stereocenters. The number of thioether (sulfide) groups is 1. The van der Waals surface area contributed by atoms with Crippen molar-refractivity contribution in [2.75, 3.05) is 12.4 Å². The quantitative estimate of drug-likeness (QED) is 0.513. The Morgan fingerprint density at radius 2 is 1.88 bits per heavy atom. The number of nitrogens with zero attached hydrogens (tertiary/aromatic N) is 3. The second kappa shape index (κ2) is 12.1. The van der Waals surface area contributed by atoms with Crippen molar-refractivity contribution in [2.45, 2.75) is 70.1 Å². The molecule has 180 valence electrons. The van der Waals surface area contributed by atoms with Gasteiger partial charge in [0.05, 0.1) is 12.3 Å². The number of hydrogen-bond acceptors (Lipinski definition) is 6. The third-order valence-corrected chi connectivity index (χ3v) is 7.10. The molecule has 2 amide bonds. The summed E-state index contributed by atoms with van der Waals surface area (Å²) in [5.74, 6) is 2.34. The summed E-state index contributed by atoms with van der Waals surface area (Å²) >= 11 is 1.35. The Balaban J connectivity index is 1.39. The van der Waals surface area contributed by atoms with Crippen LogP contribution in [-0.2, 0) is 23.2 Å². The summed E-state index contributed by atoms with van der Waals surface area (Å²) in [7, 11) is 1.83. The lowest BCUT2D eigenvalue weighted by Crippen LogP contribution is -2.41. The average molecular weight is 474 g/mol.